The highest BCUT2D eigenvalue weighted by atomic mass is 16.5. The molecule has 0 saturated heterocycles. The van der Waals surface area contributed by atoms with Crippen LogP contribution >= 0.6 is 0 Å². The fraction of sp³-hybridized carbons (Fsp3) is 0.867. The van der Waals surface area contributed by atoms with Crippen LogP contribution in [0.4, 0.5) is 0 Å². The van der Waals surface area contributed by atoms with Gasteiger partial charge in [0.05, 0.1) is 0 Å². The Balaban J connectivity index is 4.00. The molecule has 0 saturated carbocycles. The Bertz CT molecular complexity index is 251. The summed E-state index contributed by atoms with van der Waals surface area (Å²) in [6.45, 7) is 4.20. The maximum Gasteiger partial charge on any atom is 0.306 e. The van der Waals surface area contributed by atoms with Crippen LogP contribution < -0.4 is 0 Å². The second kappa shape index (κ2) is 12.0. The summed E-state index contributed by atoms with van der Waals surface area (Å²) in [4.78, 5) is 22.2. The smallest absolute Gasteiger partial charge is 0.306 e. The van der Waals surface area contributed by atoms with Gasteiger partial charge in [-0.3, -0.25) is 9.59 Å². The summed E-state index contributed by atoms with van der Waals surface area (Å²) in [5, 5.41) is 8.70. The van der Waals surface area contributed by atoms with E-state index < -0.39 is 5.97 Å². The molecule has 0 spiro atoms. The number of aliphatic carboxylic acids is 1. The van der Waals surface area contributed by atoms with E-state index in [1.807, 2.05) is 0 Å². The minimum Gasteiger partial charge on any atom is -0.481 e. The second-order valence-corrected chi connectivity index (χ2v) is 5.00. The lowest BCUT2D eigenvalue weighted by Gasteiger charge is -2.17. The summed E-state index contributed by atoms with van der Waals surface area (Å²) in [6.07, 6.45) is 7.66. The largest absolute Gasteiger partial charge is 0.481 e. The van der Waals surface area contributed by atoms with E-state index in [-0.39, 0.29) is 18.5 Å². The first kappa shape index (κ1) is 17.9. The summed E-state index contributed by atoms with van der Waals surface area (Å²) in [5.41, 5.74) is 0. The molecule has 4 heteroatoms. The molecule has 0 aliphatic carbocycles. The van der Waals surface area contributed by atoms with Crippen LogP contribution in [0.25, 0.3) is 0 Å². The Morgan fingerprint density at radius 1 is 0.947 bits per heavy atom. The zero-order valence-electron chi connectivity index (χ0n) is 12.3. The quantitative estimate of drug-likeness (QED) is 0.432. The lowest BCUT2D eigenvalue weighted by Crippen LogP contribution is -2.19. The van der Waals surface area contributed by atoms with Crippen LogP contribution in [0.3, 0.4) is 0 Å². The number of carbonyl (C=O) groups is 2. The van der Waals surface area contributed by atoms with Gasteiger partial charge in [0.25, 0.3) is 0 Å². The fourth-order valence-corrected chi connectivity index (χ4v) is 1.93. The third kappa shape index (κ3) is 11.7. The maximum atomic E-state index is 11.6. The first-order valence-corrected chi connectivity index (χ1v) is 7.51. The molecular formula is C15H28O4. The van der Waals surface area contributed by atoms with Gasteiger partial charge in [0.2, 0.25) is 0 Å². The second-order valence-electron chi connectivity index (χ2n) is 5.00. The molecule has 1 unspecified atom stereocenters. The number of carbonyl (C=O) groups excluding carboxylic acids is 1. The van der Waals surface area contributed by atoms with Gasteiger partial charge in [-0.05, 0) is 25.7 Å². The van der Waals surface area contributed by atoms with E-state index in [0.717, 1.165) is 44.9 Å². The number of hydrogen-bond donors (Lipinski definition) is 1. The number of esters is 1. The molecule has 0 aliphatic heterocycles. The van der Waals surface area contributed by atoms with Crippen LogP contribution in [0.5, 0.6) is 0 Å². The van der Waals surface area contributed by atoms with Gasteiger partial charge in [-0.15, -0.1) is 0 Å². The van der Waals surface area contributed by atoms with Gasteiger partial charge in [-0.25, -0.2) is 0 Å². The highest BCUT2D eigenvalue weighted by Crippen LogP contribution is 2.14. The minimum absolute atomic E-state index is 0.0685. The predicted octanol–water partition coefficient (Wildman–Crippen LogP) is 3.92. The Kier molecular flexibility index (Phi) is 11.3. The lowest BCUT2D eigenvalue weighted by molar-refractivity contribution is -0.151. The van der Waals surface area contributed by atoms with Crippen molar-refractivity contribution < 1.29 is 19.4 Å². The Morgan fingerprint density at radius 2 is 1.58 bits per heavy atom. The third-order valence-electron chi connectivity index (χ3n) is 3.09. The number of carboxylic acid groups (broad SMARTS) is 1. The van der Waals surface area contributed by atoms with Crippen molar-refractivity contribution in [2.24, 2.45) is 0 Å². The van der Waals surface area contributed by atoms with Crippen molar-refractivity contribution in [3.05, 3.63) is 0 Å². The van der Waals surface area contributed by atoms with Gasteiger partial charge in [-0.2, -0.15) is 0 Å². The molecule has 0 bridgehead atoms. The molecule has 1 N–H and O–H groups in total. The summed E-state index contributed by atoms with van der Waals surface area (Å²) < 4.78 is 5.39. The van der Waals surface area contributed by atoms with E-state index >= 15 is 0 Å². The summed E-state index contributed by atoms with van der Waals surface area (Å²) in [6, 6.07) is 0. The van der Waals surface area contributed by atoms with E-state index in [1.165, 1.54) is 0 Å². The third-order valence-corrected chi connectivity index (χ3v) is 3.09. The molecule has 4 nitrogen and oxygen atoms in total. The average Bonchev–Trinajstić information content (AvgIpc) is 2.36. The summed E-state index contributed by atoms with van der Waals surface area (Å²) in [5.74, 6) is -1.01. The monoisotopic (exact) mass is 272 g/mol. The number of ether oxygens (including phenoxy) is 1. The van der Waals surface area contributed by atoms with Gasteiger partial charge in [-0.1, -0.05) is 39.5 Å². The van der Waals surface area contributed by atoms with Crippen molar-refractivity contribution in [1.82, 2.24) is 0 Å². The molecule has 0 aliphatic rings. The molecule has 0 heterocycles. The van der Waals surface area contributed by atoms with Crippen LogP contribution in [0, 0.1) is 0 Å². The van der Waals surface area contributed by atoms with Crippen LogP contribution in [-0.4, -0.2) is 23.1 Å². The van der Waals surface area contributed by atoms with Crippen molar-refractivity contribution in [3.63, 3.8) is 0 Å². The molecule has 0 aromatic carbocycles. The molecule has 19 heavy (non-hydrogen) atoms. The van der Waals surface area contributed by atoms with Crippen molar-refractivity contribution in [1.29, 1.82) is 0 Å². The lowest BCUT2D eigenvalue weighted by atomic mass is 10.1. The molecule has 0 aromatic rings. The van der Waals surface area contributed by atoms with Crippen molar-refractivity contribution in [2.75, 3.05) is 0 Å². The maximum absolute atomic E-state index is 11.6. The number of carboxylic acids is 1. The zero-order chi connectivity index (χ0) is 14.5. The number of rotatable bonds is 12. The SMILES string of the molecule is CCCCCC(=O)OC(CCCCC)CCC(=O)O. The number of unbranched alkanes of at least 4 members (excludes halogenated alkanes) is 4. The molecule has 1 atom stereocenters. The molecule has 0 amide bonds. The van der Waals surface area contributed by atoms with E-state index in [0.29, 0.717) is 12.8 Å². The molecular weight excluding hydrogens is 244 g/mol. The highest BCUT2D eigenvalue weighted by Gasteiger charge is 2.15. The van der Waals surface area contributed by atoms with Crippen molar-refractivity contribution in [3.8, 4) is 0 Å². The van der Waals surface area contributed by atoms with Gasteiger partial charge in [0.15, 0.2) is 0 Å². The minimum atomic E-state index is -0.831. The van der Waals surface area contributed by atoms with Crippen LogP contribution in [-0.2, 0) is 14.3 Å². The molecule has 0 fully saturated rings. The first-order valence-electron chi connectivity index (χ1n) is 7.51. The highest BCUT2D eigenvalue weighted by molar-refractivity contribution is 5.69. The zero-order valence-corrected chi connectivity index (χ0v) is 12.3. The summed E-state index contributed by atoms with van der Waals surface area (Å²) >= 11 is 0. The van der Waals surface area contributed by atoms with Gasteiger partial charge >= 0.3 is 11.9 Å². The van der Waals surface area contributed by atoms with Crippen LogP contribution in [0.15, 0.2) is 0 Å². The average molecular weight is 272 g/mol. The molecule has 0 aromatic heterocycles. The van der Waals surface area contributed by atoms with Crippen molar-refractivity contribution in [2.45, 2.75) is 84.2 Å². The van der Waals surface area contributed by atoms with Gasteiger partial charge in [0.1, 0.15) is 6.10 Å². The topological polar surface area (TPSA) is 63.6 Å². The standard InChI is InChI=1S/C15H28O4/c1-3-5-7-9-13(11-12-14(16)17)19-15(18)10-8-6-4-2/h13H,3-12H2,1-2H3,(H,16,17). The number of hydrogen-bond acceptors (Lipinski definition) is 3. The van der Waals surface area contributed by atoms with E-state index in [9.17, 15) is 9.59 Å². The van der Waals surface area contributed by atoms with Gasteiger partial charge < -0.3 is 9.84 Å². The van der Waals surface area contributed by atoms with Crippen LogP contribution in [0.2, 0.25) is 0 Å². The Morgan fingerprint density at radius 3 is 2.16 bits per heavy atom. The van der Waals surface area contributed by atoms with E-state index in [4.69, 9.17) is 9.84 Å². The van der Waals surface area contributed by atoms with Crippen molar-refractivity contribution >= 4 is 11.9 Å². The normalized spacial score (nSPS) is 12.1. The van der Waals surface area contributed by atoms with Crippen LogP contribution in [0.1, 0.15) is 78.1 Å². The van der Waals surface area contributed by atoms with E-state index in [2.05, 4.69) is 13.8 Å². The first-order chi connectivity index (χ1) is 9.10. The predicted molar refractivity (Wildman–Crippen MR) is 75.0 cm³/mol. The molecule has 112 valence electrons. The van der Waals surface area contributed by atoms with Gasteiger partial charge in [0, 0.05) is 12.8 Å². The molecule has 0 radical (unpaired) electrons. The fourth-order valence-electron chi connectivity index (χ4n) is 1.93. The Hall–Kier alpha value is -1.06. The van der Waals surface area contributed by atoms with E-state index in [1.54, 1.807) is 0 Å². The molecule has 0 rings (SSSR count). The Labute approximate surface area is 116 Å². The summed E-state index contributed by atoms with van der Waals surface area (Å²) in [7, 11) is 0.